The summed E-state index contributed by atoms with van der Waals surface area (Å²) in [6, 6.07) is 2.15. The number of nitrogens with two attached hydrogens (primary N) is 1. The fraction of sp³-hybridized carbons (Fsp3) is 0. The summed E-state index contributed by atoms with van der Waals surface area (Å²) in [5, 5.41) is -0.138. The Morgan fingerprint density at radius 3 is 2.23 bits per heavy atom. The van der Waals surface area contributed by atoms with Crippen molar-refractivity contribution in [3.63, 3.8) is 0 Å². The Balaban J connectivity index is 3.50. The Hall–Kier alpha value is -0.490. The summed E-state index contributed by atoms with van der Waals surface area (Å²) in [6.07, 6.45) is 0. The highest BCUT2D eigenvalue weighted by atomic mass is 35.5. The zero-order chi connectivity index (χ0) is 10.2. The second kappa shape index (κ2) is 3.34. The van der Waals surface area contributed by atoms with Crippen molar-refractivity contribution >= 4 is 39.0 Å². The third-order valence-corrected chi connectivity index (χ3v) is 2.97. The molecule has 0 bridgehead atoms. The highest BCUT2D eigenvalue weighted by Gasteiger charge is 2.16. The molecule has 0 amide bonds. The summed E-state index contributed by atoms with van der Waals surface area (Å²) in [6.45, 7) is 0. The standard InChI is InChI=1S/C6H5Cl2NO3S/c7-3-2-6(13(10,11)12)4(8)1-5(3)9/h1-2H,9H2,(H,10,11,12). The average Bonchev–Trinajstić information content (AvgIpc) is 1.94. The Morgan fingerprint density at radius 1 is 1.23 bits per heavy atom. The fourth-order valence-electron chi connectivity index (χ4n) is 0.742. The minimum absolute atomic E-state index is 0.0250. The van der Waals surface area contributed by atoms with Gasteiger partial charge in [0.1, 0.15) is 4.90 Å². The molecule has 72 valence electrons. The van der Waals surface area contributed by atoms with E-state index in [-0.39, 0.29) is 15.7 Å². The molecule has 0 saturated carbocycles. The molecule has 1 aromatic carbocycles. The van der Waals surface area contributed by atoms with Crippen LogP contribution in [0.1, 0.15) is 0 Å². The van der Waals surface area contributed by atoms with Crippen LogP contribution >= 0.6 is 23.2 Å². The molecular weight excluding hydrogens is 237 g/mol. The van der Waals surface area contributed by atoms with Gasteiger partial charge in [0.05, 0.1) is 15.7 Å². The lowest BCUT2D eigenvalue weighted by molar-refractivity contribution is 0.483. The van der Waals surface area contributed by atoms with Gasteiger partial charge in [-0.05, 0) is 12.1 Å². The summed E-state index contributed by atoms with van der Waals surface area (Å²) < 4.78 is 30.1. The number of rotatable bonds is 1. The molecule has 3 N–H and O–H groups in total. The Morgan fingerprint density at radius 2 is 1.77 bits per heavy atom. The van der Waals surface area contributed by atoms with Crippen LogP contribution in [0.15, 0.2) is 17.0 Å². The number of benzene rings is 1. The van der Waals surface area contributed by atoms with Crippen molar-refractivity contribution in [3.8, 4) is 0 Å². The van der Waals surface area contributed by atoms with Gasteiger partial charge in [-0.3, -0.25) is 4.55 Å². The van der Waals surface area contributed by atoms with E-state index in [0.717, 1.165) is 12.1 Å². The Labute approximate surface area is 85.0 Å². The summed E-state index contributed by atoms with van der Waals surface area (Å²) >= 11 is 11.0. The predicted octanol–water partition coefficient (Wildman–Crippen LogP) is 1.82. The van der Waals surface area contributed by atoms with Crippen molar-refractivity contribution in [2.45, 2.75) is 4.90 Å². The summed E-state index contributed by atoms with van der Waals surface area (Å²) in [5.74, 6) is 0. The molecule has 0 aliphatic carbocycles. The van der Waals surface area contributed by atoms with E-state index in [1.165, 1.54) is 0 Å². The van der Waals surface area contributed by atoms with Gasteiger partial charge in [-0.2, -0.15) is 8.42 Å². The minimum Gasteiger partial charge on any atom is -0.397 e. The molecule has 0 radical (unpaired) electrons. The maximum atomic E-state index is 10.7. The maximum absolute atomic E-state index is 10.7. The molecular formula is C6H5Cl2NO3S. The van der Waals surface area contributed by atoms with Crippen LogP contribution in [0.25, 0.3) is 0 Å². The number of hydrogen-bond donors (Lipinski definition) is 2. The zero-order valence-electron chi connectivity index (χ0n) is 6.16. The summed E-state index contributed by atoms with van der Waals surface area (Å²) in [5.41, 5.74) is 5.49. The van der Waals surface area contributed by atoms with E-state index in [1.807, 2.05) is 0 Å². The molecule has 0 saturated heterocycles. The fourth-order valence-corrected chi connectivity index (χ4v) is 2.01. The molecule has 0 fully saturated rings. The number of anilines is 1. The summed E-state index contributed by atoms with van der Waals surface area (Å²) in [4.78, 5) is -0.451. The Kier molecular flexibility index (Phi) is 2.72. The third kappa shape index (κ3) is 2.25. The summed E-state index contributed by atoms with van der Waals surface area (Å²) in [7, 11) is -4.34. The van der Waals surface area contributed by atoms with Crippen LogP contribution in [0.4, 0.5) is 5.69 Å². The van der Waals surface area contributed by atoms with E-state index in [1.54, 1.807) is 0 Å². The molecule has 0 unspecified atom stereocenters. The van der Waals surface area contributed by atoms with Gasteiger partial charge < -0.3 is 5.73 Å². The number of hydrogen-bond acceptors (Lipinski definition) is 3. The highest BCUT2D eigenvalue weighted by Crippen LogP contribution is 2.29. The molecule has 0 spiro atoms. The van der Waals surface area contributed by atoms with Crippen LogP contribution in [0.2, 0.25) is 10.0 Å². The van der Waals surface area contributed by atoms with E-state index in [2.05, 4.69) is 0 Å². The topological polar surface area (TPSA) is 80.4 Å². The minimum atomic E-state index is -4.34. The molecule has 13 heavy (non-hydrogen) atoms. The van der Waals surface area contributed by atoms with Crippen molar-refractivity contribution in [2.75, 3.05) is 5.73 Å². The number of halogens is 2. The van der Waals surface area contributed by atoms with E-state index in [4.69, 9.17) is 33.5 Å². The lowest BCUT2D eigenvalue weighted by Gasteiger charge is -2.03. The van der Waals surface area contributed by atoms with Crippen LogP contribution in [0.5, 0.6) is 0 Å². The van der Waals surface area contributed by atoms with Crippen LogP contribution < -0.4 is 5.73 Å². The molecule has 0 aliphatic rings. The first-order valence-corrected chi connectivity index (χ1v) is 5.24. The van der Waals surface area contributed by atoms with Gasteiger partial charge in [0.15, 0.2) is 0 Å². The molecule has 0 heterocycles. The van der Waals surface area contributed by atoms with Gasteiger partial charge in [-0.25, -0.2) is 0 Å². The van der Waals surface area contributed by atoms with Crippen molar-refractivity contribution in [3.05, 3.63) is 22.2 Å². The van der Waals surface area contributed by atoms with Gasteiger partial charge in [0, 0.05) is 0 Å². The van der Waals surface area contributed by atoms with Gasteiger partial charge in [-0.15, -0.1) is 0 Å². The molecule has 0 atom stereocenters. The maximum Gasteiger partial charge on any atom is 0.296 e. The first-order chi connectivity index (χ1) is 5.82. The second-order valence-electron chi connectivity index (χ2n) is 2.28. The lowest BCUT2D eigenvalue weighted by Crippen LogP contribution is -2.00. The zero-order valence-corrected chi connectivity index (χ0v) is 8.49. The number of nitrogen functional groups attached to an aromatic ring is 1. The second-order valence-corrected chi connectivity index (χ2v) is 4.48. The van der Waals surface area contributed by atoms with Crippen molar-refractivity contribution in [2.24, 2.45) is 0 Å². The van der Waals surface area contributed by atoms with E-state index < -0.39 is 15.0 Å². The van der Waals surface area contributed by atoms with Gasteiger partial charge >= 0.3 is 0 Å². The van der Waals surface area contributed by atoms with E-state index in [0.29, 0.717) is 0 Å². The predicted molar refractivity (Wildman–Crippen MR) is 50.7 cm³/mol. The Bertz CT molecular complexity index is 443. The smallest absolute Gasteiger partial charge is 0.296 e. The third-order valence-electron chi connectivity index (χ3n) is 1.33. The van der Waals surface area contributed by atoms with E-state index >= 15 is 0 Å². The highest BCUT2D eigenvalue weighted by molar-refractivity contribution is 7.86. The quantitative estimate of drug-likeness (QED) is 0.581. The molecule has 1 aromatic rings. The van der Waals surface area contributed by atoms with Crippen LogP contribution in [0, 0.1) is 0 Å². The SMILES string of the molecule is Nc1cc(Cl)c(S(=O)(=O)O)cc1Cl. The monoisotopic (exact) mass is 241 g/mol. The molecule has 4 nitrogen and oxygen atoms in total. The largest absolute Gasteiger partial charge is 0.397 e. The van der Waals surface area contributed by atoms with Crippen LogP contribution in [-0.4, -0.2) is 13.0 Å². The van der Waals surface area contributed by atoms with Crippen LogP contribution in [-0.2, 0) is 10.1 Å². The first kappa shape index (κ1) is 10.6. The first-order valence-electron chi connectivity index (χ1n) is 3.04. The van der Waals surface area contributed by atoms with Crippen molar-refractivity contribution < 1.29 is 13.0 Å². The van der Waals surface area contributed by atoms with Crippen molar-refractivity contribution in [1.29, 1.82) is 0 Å². The van der Waals surface area contributed by atoms with E-state index in [9.17, 15) is 8.42 Å². The molecule has 7 heteroatoms. The van der Waals surface area contributed by atoms with Gasteiger partial charge in [0.2, 0.25) is 0 Å². The molecule has 1 rings (SSSR count). The normalized spacial score (nSPS) is 11.6. The van der Waals surface area contributed by atoms with Gasteiger partial charge in [-0.1, -0.05) is 23.2 Å². The lowest BCUT2D eigenvalue weighted by atomic mass is 10.3. The molecule has 0 aromatic heterocycles. The van der Waals surface area contributed by atoms with Crippen LogP contribution in [0.3, 0.4) is 0 Å². The molecule has 0 aliphatic heterocycles. The van der Waals surface area contributed by atoms with Crippen molar-refractivity contribution in [1.82, 2.24) is 0 Å². The average molecular weight is 242 g/mol. The van der Waals surface area contributed by atoms with Gasteiger partial charge in [0.25, 0.3) is 10.1 Å².